The Labute approximate surface area is 114 Å². The van der Waals surface area contributed by atoms with Crippen molar-refractivity contribution in [1.29, 1.82) is 0 Å². The van der Waals surface area contributed by atoms with Gasteiger partial charge in [-0.3, -0.25) is 9.59 Å². The van der Waals surface area contributed by atoms with Gasteiger partial charge in [-0.15, -0.1) is 0 Å². The van der Waals surface area contributed by atoms with E-state index in [-0.39, 0.29) is 23.8 Å². The van der Waals surface area contributed by atoms with E-state index in [1.807, 2.05) is 4.90 Å². The average molecular weight is 268 g/mol. The summed E-state index contributed by atoms with van der Waals surface area (Å²) in [6, 6.07) is 0.0376. The van der Waals surface area contributed by atoms with Crippen molar-refractivity contribution in [2.45, 2.75) is 44.6 Å². The van der Waals surface area contributed by atoms with Gasteiger partial charge < -0.3 is 15.0 Å². The van der Waals surface area contributed by atoms with Crippen molar-refractivity contribution in [2.75, 3.05) is 26.7 Å². The van der Waals surface area contributed by atoms with E-state index in [4.69, 9.17) is 4.74 Å². The lowest BCUT2D eigenvalue weighted by Crippen LogP contribution is -2.50. The lowest BCUT2D eigenvalue weighted by atomic mass is 9.93. The summed E-state index contributed by atoms with van der Waals surface area (Å²) in [4.78, 5) is 25.9. The number of nitrogens with one attached hydrogen (secondary N) is 1. The Balaban J connectivity index is 1.97. The molecule has 1 unspecified atom stereocenters. The number of rotatable bonds is 3. The van der Waals surface area contributed by atoms with E-state index in [9.17, 15) is 9.59 Å². The fourth-order valence-corrected chi connectivity index (χ4v) is 3.08. The Morgan fingerprint density at radius 2 is 2.11 bits per heavy atom. The molecule has 2 rings (SSSR count). The molecule has 0 aromatic heterocycles. The maximum Gasteiger partial charge on any atom is 0.307 e. The van der Waals surface area contributed by atoms with Crippen LogP contribution in [0.5, 0.6) is 0 Å². The van der Waals surface area contributed by atoms with Crippen LogP contribution in [-0.4, -0.2) is 49.6 Å². The molecule has 2 aliphatic rings. The van der Waals surface area contributed by atoms with Crippen LogP contribution in [0.3, 0.4) is 0 Å². The molecule has 19 heavy (non-hydrogen) atoms. The summed E-state index contributed by atoms with van der Waals surface area (Å²) in [5.74, 6) is 0.0965. The molecule has 0 bridgehead atoms. The van der Waals surface area contributed by atoms with Crippen LogP contribution in [-0.2, 0) is 14.3 Å². The Morgan fingerprint density at radius 3 is 2.79 bits per heavy atom. The normalized spacial score (nSPS) is 27.9. The number of carbonyl (C=O) groups excluding carboxylic acids is 2. The summed E-state index contributed by atoms with van der Waals surface area (Å²) < 4.78 is 4.74. The minimum absolute atomic E-state index is 0.0376. The summed E-state index contributed by atoms with van der Waals surface area (Å²) in [6.45, 7) is 2.58. The zero-order valence-electron chi connectivity index (χ0n) is 11.7. The van der Waals surface area contributed by atoms with Gasteiger partial charge >= 0.3 is 5.97 Å². The summed E-state index contributed by atoms with van der Waals surface area (Å²) in [7, 11) is 1.41. The van der Waals surface area contributed by atoms with Crippen molar-refractivity contribution in [1.82, 2.24) is 10.2 Å². The van der Waals surface area contributed by atoms with Crippen molar-refractivity contribution in [3.63, 3.8) is 0 Å². The van der Waals surface area contributed by atoms with Crippen molar-refractivity contribution in [2.24, 2.45) is 5.92 Å². The highest BCUT2D eigenvalue weighted by Gasteiger charge is 2.33. The summed E-state index contributed by atoms with van der Waals surface area (Å²) in [5.41, 5.74) is 0. The Hall–Kier alpha value is -1.10. The van der Waals surface area contributed by atoms with E-state index in [0.717, 1.165) is 51.7 Å². The molecule has 0 saturated carbocycles. The number of esters is 1. The van der Waals surface area contributed by atoms with Crippen LogP contribution in [0.15, 0.2) is 0 Å². The molecule has 0 aliphatic carbocycles. The van der Waals surface area contributed by atoms with Crippen LogP contribution in [0.1, 0.15) is 38.5 Å². The molecule has 5 heteroatoms. The van der Waals surface area contributed by atoms with Gasteiger partial charge in [0.1, 0.15) is 0 Å². The second-order valence-electron chi connectivity index (χ2n) is 5.50. The number of amides is 1. The van der Waals surface area contributed by atoms with E-state index >= 15 is 0 Å². The first-order valence-electron chi connectivity index (χ1n) is 7.30. The molecule has 2 aliphatic heterocycles. The molecule has 2 heterocycles. The standard InChI is InChI=1S/C14H24N2O3/c1-19-13(17)9-12-6-2-3-8-16(12)14(18)11-5-4-7-15-10-11/h11-12,15H,2-10H2,1H3/t11-,12?/m1/s1. The van der Waals surface area contributed by atoms with Gasteiger partial charge in [-0.05, 0) is 38.6 Å². The van der Waals surface area contributed by atoms with Gasteiger partial charge in [0, 0.05) is 19.1 Å². The Morgan fingerprint density at radius 1 is 1.26 bits per heavy atom. The van der Waals surface area contributed by atoms with Gasteiger partial charge in [0.2, 0.25) is 5.91 Å². The van der Waals surface area contributed by atoms with Crippen molar-refractivity contribution < 1.29 is 14.3 Å². The minimum Gasteiger partial charge on any atom is -0.469 e. The third-order valence-corrected chi connectivity index (χ3v) is 4.19. The molecule has 2 atom stereocenters. The second kappa shape index (κ2) is 6.89. The largest absolute Gasteiger partial charge is 0.469 e. The molecule has 1 amide bonds. The number of nitrogens with zero attached hydrogens (tertiary/aromatic N) is 1. The van der Waals surface area contributed by atoms with E-state index < -0.39 is 0 Å². The van der Waals surface area contributed by atoms with Gasteiger partial charge in [-0.2, -0.15) is 0 Å². The zero-order chi connectivity index (χ0) is 13.7. The highest BCUT2D eigenvalue weighted by molar-refractivity contribution is 5.80. The fourth-order valence-electron chi connectivity index (χ4n) is 3.08. The number of likely N-dealkylation sites (tertiary alicyclic amines) is 1. The van der Waals surface area contributed by atoms with Crippen molar-refractivity contribution in [3.8, 4) is 0 Å². The molecule has 2 fully saturated rings. The smallest absolute Gasteiger partial charge is 0.307 e. The quantitative estimate of drug-likeness (QED) is 0.774. The maximum atomic E-state index is 12.6. The highest BCUT2D eigenvalue weighted by Crippen LogP contribution is 2.24. The molecule has 0 aromatic carbocycles. The first-order chi connectivity index (χ1) is 9.22. The molecular formula is C14H24N2O3. The van der Waals surface area contributed by atoms with Gasteiger partial charge in [0.05, 0.1) is 19.4 Å². The SMILES string of the molecule is COC(=O)CC1CCCCN1C(=O)[C@@H]1CCCNC1. The van der Waals surface area contributed by atoms with E-state index in [0.29, 0.717) is 6.42 Å². The van der Waals surface area contributed by atoms with Crippen LogP contribution >= 0.6 is 0 Å². The third-order valence-electron chi connectivity index (χ3n) is 4.19. The van der Waals surface area contributed by atoms with Crippen LogP contribution in [0.2, 0.25) is 0 Å². The van der Waals surface area contributed by atoms with Crippen LogP contribution in [0.4, 0.5) is 0 Å². The monoisotopic (exact) mass is 268 g/mol. The number of ether oxygens (including phenoxy) is 1. The minimum atomic E-state index is -0.216. The average Bonchev–Trinajstić information content (AvgIpc) is 2.48. The molecule has 0 spiro atoms. The predicted octanol–water partition coefficient (Wildman–Crippen LogP) is 0.930. The van der Waals surface area contributed by atoms with E-state index in [1.165, 1.54) is 7.11 Å². The van der Waals surface area contributed by atoms with Gasteiger partial charge in [0.25, 0.3) is 0 Å². The highest BCUT2D eigenvalue weighted by atomic mass is 16.5. The first kappa shape index (κ1) is 14.3. The lowest BCUT2D eigenvalue weighted by molar-refractivity contribution is -0.146. The van der Waals surface area contributed by atoms with Gasteiger partial charge in [0.15, 0.2) is 0 Å². The molecule has 5 nitrogen and oxygen atoms in total. The number of piperidine rings is 2. The van der Waals surface area contributed by atoms with Gasteiger partial charge in [-0.25, -0.2) is 0 Å². The Bertz CT molecular complexity index is 327. The van der Waals surface area contributed by atoms with Crippen molar-refractivity contribution in [3.05, 3.63) is 0 Å². The number of hydrogen-bond donors (Lipinski definition) is 1. The number of methoxy groups -OCH3 is 1. The molecule has 0 radical (unpaired) electrons. The number of carbonyl (C=O) groups is 2. The number of hydrogen-bond acceptors (Lipinski definition) is 4. The van der Waals surface area contributed by atoms with Crippen LogP contribution in [0, 0.1) is 5.92 Å². The predicted molar refractivity (Wildman–Crippen MR) is 71.6 cm³/mol. The molecule has 108 valence electrons. The first-order valence-corrected chi connectivity index (χ1v) is 7.30. The fraction of sp³-hybridized carbons (Fsp3) is 0.857. The van der Waals surface area contributed by atoms with E-state index in [1.54, 1.807) is 0 Å². The molecular weight excluding hydrogens is 244 g/mol. The maximum absolute atomic E-state index is 12.6. The topological polar surface area (TPSA) is 58.6 Å². The van der Waals surface area contributed by atoms with Gasteiger partial charge in [-0.1, -0.05) is 0 Å². The van der Waals surface area contributed by atoms with Crippen molar-refractivity contribution >= 4 is 11.9 Å². The third kappa shape index (κ3) is 3.69. The summed E-state index contributed by atoms with van der Waals surface area (Å²) in [5, 5.41) is 3.28. The second-order valence-corrected chi connectivity index (χ2v) is 5.50. The molecule has 1 N–H and O–H groups in total. The molecule has 0 aromatic rings. The van der Waals surface area contributed by atoms with Crippen LogP contribution in [0.25, 0.3) is 0 Å². The summed E-state index contributed by atoms with van der Waals surface area (Å²) in [6.07, 6.45) is 5.42. The zero-order valence-corrected chi connectivity index (χ0v) is 11.7. The summed E-state index contributed by atoms with van der Waals surface area (Å²) >= 11 is 0. The lowest BCUT2D eigenvalue weighted by Gasteiger charge is -2.38. The molecule has 2 saturated heterocycles. The van der Waals surface area contributed by atoms with E-state index in [2.05, 4.69) is 5.32 Å². The Kier molecular flexibility index (Phi) is 5.19. The van der Waals surface area contributed by atoms with Crippen LogP contribution < -0.4 is 5.32 Å².